The minimum atomic E-state index is -0.0884. The molecule has 128 valence electrons. The van der Waals surface area contributed by atoms with Crippen LogP contribution < -0.4 is 5.32 Å². The van der Waals surface area contributed by atoms with Crippen LogP contribution >= 0.6 is 0 Å². The van der Waals surface area contributed by atoms with Gasteiger partial charge >= 0.3 is 6.03 Å². The molecule has 2 rings (SSSR count). The molecular formula is C17H26N2O4. The van der Waals surface area contributed by atoms with Crippen LogP contribution in [-0.4, -0.2) is 56.6 Å². The Morgan fingerprint density at radius 2 is 2.22 bits per heavy atom. The lowest BCUT2D eigenvalue weighted by Crippen LogP contribution is -2.46. The van der Waals surface area contributed by atoms with Crippen LogP contribution in [0.15, 0.2) is 24.3 Å². The van der Waals surface area contributed by atoms with Crippen LogP contribution in [0.1, 0.15) is 19.4 Å². The van der Waals surface area contributed by atoms with Gasteiger partial charge in [0.15, 0.2) is 0 Å². The van der Waals surface area contributed by atoms with Crippen molar-refractivity contribution in [1.82, 2.24) is 4.90 Å². The zero-order valence-electron chi connectivity index (χ0n) is 13.9. The SMILES string of the molecule is CCOCCOCc1cccc(NC(=O)N2CCOC(C)C2)c1. The van der Waals surface area contributed by atoms with Crippen LogP contribution in [0.25, 0.3) is 0 Å². The molecule has 0 spiro atoms. The zero-order valence-corrected chi connectivity index (χ0v) is 13.9. The summed E-state index contributed by atoms with van der Waals surface area (Å²) in [6.07, 6.45) is 0.0829. The largest absolute Gasteiger partial charge is 0.379 e. The third-order valence-corrected chi connectivity index (χ3v) is 3.55. The van der Waals surface area contributed by atoms with E-state index in [1.807, 2.05) is 38.1 Å². The second kappa shape index (κ2) is 9.50. The first-order valence-electron chi connectivity index (χ1n) is 8.11. The topological polar surface area (TPSA) is 60.0 Å². The fraction of sp³-hybridized carbons (Fsp3) is 0.588. The molecule has 1 aliphatic heterocycles. The number of nitrogens with zero attached hydrogens (tertiary/aromatic N) is 1. The summed E-state index contributed by atoms with van der Waals surface area (Å²) in [5, 5.41) is 2.93. The number of carbonyl (C=O) groups is 1. The minimum Gasteiger partial charge on any atom is -0.379 e. The van der Waals surface area contributed by atoms with Gasteiger partial charge in [-0.1, -0.05) is 12.1 Å². The highest BCUT2D eigenvalue weighted by Crippen LogP contribution is 2.13. The predicted molar refractivity (Wildman–Crippen MR) is 88.6 cm³/mol. The van der Waals surface area contributed by atoms with Crippen LogP contribution in [0.2, 0.25) is 0 Å². The maximum absolute atomic E-state index is 12.3. The first kappa shape index (κ1) is 17.7. The Morgan fingerprint density at radius 3 is 3.00 bits per heavy atom. The second-order valence-electron chi connectivity index (χ2n) is 5.51. The molecule has 1 aromatic carbocycles. The first-order chi connectivity index (χ1) is 11.2. The molecule has 1 aromatic rings. The summed E-state index contributed by atoms with van der Waals surface area (Å²) in [5.74, 6) is 0. The molecule has 1 N–H and O–H groups in total. The zero-order chi connectivity index (χ0) is 16.5. The highest BCUT2D eigenvalue weighted by Gasteiger charge is 2.21. The van der Waals surface area contributed by atoms with E-state index in [4.69, 9.17) is 14.2 Å². The molecule has 6 nitrogen and oxygen atoms in total. The molecule has 1 atom stereocenters. The van der Waals surface area contributed by atoms with E-state index in [9.17, 15) is 4.79 Å². The van der Waals surface area contributed by atoms with Gasteiger partial charge in [-0.3, -0.25) is 0 Å². The van der Waals surface area contributed by atoms with Crippen molar-refractivity contribution < 1.29 is 19.0 Å². The van der Waals surface area contributed by atoms with Crippen LogP contribution in [0.3, 0.4) is 0 Å². The van der Waals surface area contributed by atoms with Gasteiger partial charge in [0, 0.05) is 25.4 Å². The Morgan fingerprint density at radius 1 is 1.39 bits per heavy atom. The van der Waals surface area contributed by atoms with Crippen LogP contribution in [-0.2, 0) is 20.8 Å². The van der Waals surface area contributed by atoms with E-state index < -0.39 is 0 Å². The lowest BCUT2D eigenvalue weighted by atomic mass is 10.2. The van der Waals surface area contributed by atoms with E-state index in [-0.39, 0.29) is 12.1 Å². The Hall–Kier alpha value is -1.63. The first-order valence-corrected chi connectivity index (χ1v) is 8.11. The molecule has 6 heteroatoms. The second-order valence-corrected chi connectivity index (χ2v) is 5.51. The fourth-order valence-electron chi connectivity index (χ4n) is 2.40. The van der Waals surface area contributed by atoms with Gasteiger partial charge in [0.1, 0.15) is 0 Å². The van der Waals surface area contributed by atoms with E-state index in [0.717, 1.165) is 11.3 Å². The summed E-state index contributed by atoms with van der Waals surface area (Å²) in [6, 6.07) is 7.62. The molecule has 1 aliphatic rings. The number of ether oxygens (including phenoxy) is 3. The lowest BCUT2D eigenvalue weighted by molar-refractivity contribution is -0.00138. The number of hydrogen-bond acceptors (Lipinski definition) is 4. The van der Waals surface area contributed by atoms with Gasteiger partial charge in [-0.25, -0.2) is 4.79 Å². The van der Waals surface area contributed by atoms with Gasteiger partial charge in [0.05, 0.1) is 32.5 Å². The molecule has 2 amide bonds. The van der Waals surface area contributed by atoms with Crippen molar-refractivity contribution in [1.29, 1.82) is 0 Å². The average Bonchev–Trinajstić information content (AvgIpc) is 2.55. The number of carbonyl (C=O) groups excluding carboxylic acids is 1. The van der Waals surface area contributed by atoms with Crippen molar-refractivity contribution in [3.8, 4) is 0 Å². The van der Waals surface area contributed by atoms with E-state index in [1.54, 1.807) is 4.90 Å². The van der Waals surface area contributed by atoms with Crippen molar-refractivity contribution in [2.24, 2.45) is 0 Å². The lowest BCUT2D eigenvalue weighted by Gasteiger charge is -2.31. The highest BCUT2D eigenvalue weighted by atomic mass is 16.5. The molecule has 1 heterocycles. The average molecular weight is 322 g/mol. The summed E-state index contributed by atoms with van der Waals surface area (Å²) in [6.45, 7) is 8.13. The maximum Gasteiger partial charge on any atom is 0.322 e. The molecule has 0 aliphatic carbocycles. The van der Waals surface area contributed by atoms with Crippen LogP contribution in [0.4, 0.5) is 10.5 Å². The molecule has 0 saturated carbocycles. The Labute approximate surface area is 137 Å². The van der Waals surface area contributed by atoms with Gasteiger partial charge < -0.3 is 24.4 Å². The quantitative estimate of drug-likeness (QED) is 0.784. The molecular weight excluding hydrogens is 296 g/mol. The fourth-order valence-corrected chi connectivity index (χ4v) is 2.40. The van der Waals surface area contributed by atoms with Crippen molar-refractivity contribution in [3.63, 3.8) is 0 Å². The Balaban J connectivity index is 1.80. The van der Waals surface area contributed by atoms with E-state index in [1.165, 1.54) is 0 Å². The molecule has 0 radical (unpaired) electrons. The van der Waals surface area contributed by atoms with Crippen molar-refractivity contribution in [2.45, 2.75) is 26.6 Å². The Bertz CT molecular complexity index is 495. The van der Waals surface area contributed by atoms with Gasteiger partial charge in [0.2, 0.25) is 0 Å². The predicted octanol–water partition coefficient (Wildman–Crippen LogP) is 2.49. The number of urea groups is 1. The van der Waals surface area contributed by atoms with Crippen molar-refractivity contribution in [2.75, 3.05) is 44.8 Å². The van der Waals surface area contributed by atoms with Gasteiger partial charge in [-0.15, -0.1) is 0 Å². The number of rotatable bonds is 7. The molecule has 23 heavy (non-hydrogen) atoms. The summed E-state index contributed by atoms with van der Waals surface area (Å²) in [5.41, 5.74) is 1.80. The Kier molecular flexibility index (Phi) is 7.32. The standard InChI is InChI=1S/C17H26N2O4/c1-3-21-9-10-22-13-15-5-4-6-16(11-15)18-17(20)19-7-8-23-14(2)12-19/h4-6,11,14H,3,7-10,12-13H2,1-2H3,(H,18,20). The van der Waals surface area contributed by atoms with Crippen LogP contribution in [0, 0.1) is 0 Å². The number of amides is 2. The van der Waals surface area contributed by atoms with Crippen molar-refractivity contribution >= 4 is 11.7 Å². The molecule has 0 aromatic heterocycles. The van der Waals surface area contributed by atoms with Gasteiger partial charge in [-0.2, -0.15) is 0 Å². The minimum absolute atomic E-state index is 0.0829. The number of benzene rings is 1. The van der Waals surface area contributed by atoms with Gasteiger partial charge in [0.25, 0.3) is 0 Å². The third-order valence-electron chi connectivity index (χ3n) is 3.55. The summed E-state index contributed by atoms with van der Waals surface area (Å²) >= 11 is 0. The van der Waals surface area contributed by atoms with E-state index in [0.29, 0.717) is 46.1 Å². The van der Waals surface area contributed by atoms with E-state index in [2.05, 4.69) is 5.32 Å². The number of hydrogen-bond donors (Lipinski definition) is 1. The number of nitrogens with one attached hydrogen (secondary N) is 1. The smallest absolute Gasteiger partial charge is 0.322 e. The summed E-state index contributed by atoms with van der Waals surface area (Å²) < 4.78 is 16.2. The normalized spacial score (nSPS) is 18.0. The molecule has 1 unspecified atom stereocenters. The number of morpholine rings is 1. The summed E-state index contributed by atoms with van der Waals surface area (Å²) in [7, 11) is 0. The highest BCUT2D eigenvalue weighted by molar-refractivity contribution is 5.89. The van der Waals surface area contributed by atoms with Gasteiger partial charge in [-0.05, 0) is 31.5 Å². The third kappa shape index (κ3) is 6.17. The molecule has 0 bridgehead atoms. The van der Waals surface area contributed by atoms with Crippen LogP contribution in [0.5, 0.6) is 0 Å². The molecule has 1 saturated heterocycles. The maximum atomic E-state index is 12.3. The molecule has 1 fully saturated rings. The number of anilines is 1. The van der Waals surface area contributed by atoms with Crippen molar-refractivity contribution in [3.05, 3.63) is 29.8 Å². The van der Waals surface area contributed by atoms with E-state index >= 15 is 0 Å². The monoisotopic (exact) mass is 322 g/mol. The summed E-state index contributed by atoms with van der Waals surface area (Å²) in [4.78, 5) is 14.0.